The molecule has 4 N–H and O–H groups in total. The molecule has 1 aliphatic heterocycles. The molecule has 1 aromatic carbocycles. The second-order valence-electron chi connectivity index (χ2n) is 8.85. The van der Waals surface area contributed by atoms with E-state index in [4.69, 9.17) is 5.73 Å². The van der Waals surface area contributed by atoms with Crippen LogP contribution in [0, 0.1) is 6.92 Å². The van der Waals surface area contributed by atoms with Crippen molar-refractivity contribution in [3.8, 4) is 0 Å². The highest BCUT2D eigenvalue weighted by Crippen LogP contribution is 2.34. The number of fused-ring (bicyclic) bond motifs is 2. The average molecular weight is 451 g/mol. The van der Waals surface area contributed by atoms with Crippen LogP contribution in [0.2, 0.25) is 0 Å². The Morgan fingerprint density at radius 1 is 1.24 bits per heavy atom. The number of nitrogen functional groups attached to an aromatic ring is 1. The van der Waals surface area contributed by atoms with Crippen LogP contribution in [-0.4, -0.2) is 74.9 Å². The van der Waals surface area contributed by atoms with Crippen molar-refractivity contribution in [3.63, 3.8) is 0 Å². The number of β-amino-alcohol motifs (C(OH)–C–C–N with tert-alkyl or cyclic N) is 1. The van der Waals surface area contributed by atoms with Gasteiger partial charge in [0, 0.05) is 19.5 Å². The van der Waals surface area contributed by atoms with Gasteiger partial charge in [0.1, 0.15) is 24.2 Å². The molecule has 0 bridgehead atoms. The summed E-state index contributed by atoms with van der Waals surface area (Å²) in [5.74, 6) is 0.792. The maximum Gasteiger partial charge on any atom is 0.242 e. The normalized spacial score (nSPS) is 23.8. The Morgan fingerprint density at radius 3 is 2.85 bits per heavy atom. The van der Waals surface area contributed by atoms with Gasteiger partial charge in [-0.1, -0.05) is 12.1 Å². The lowest BCUT2D eigenvalue weighted by molar-refractivity contribution is -0.133. The first-order valence-electron chi connectivity index (χ1n) is 10.8. The third-order valence-electron chi connectivity index (χ3n) is 6.41. The Bertz CT molecular complexity index is 1340. The van der Waals surface area contributed by atoms with Crippen molar-refractivity contribution in [2.24, 2.45) is 0 Å². The molecule has 0 unspecified atom stereocenters. The standard InChI is InChI=1S/C22H26N8O3/c1-13-27-15-5-3-4-6-16(15)29(13)10-18(32)28-8-14(31)7-22(2,33)17(9-28)30-12-26-19-20(23)24-11-25-21(19)30/h3-6,11-12,14,17,31,33H,7-10H2,1-2H3,(H2,23,24,25)/t14-,17+,22+/m0/s1. The van der Waals surface area contributed by atoms with E-state index in [0.717, 1.165) is 16.9 Å². The van der Waals surface area contributed by atoms with Gasteiger partial charge >= 0.3 is 0 Å². The highest BCUT2D eigenvalue weighted by Gasteiger charge is 2.42. The number of aryl methyl sites for hydroxylation is 1. The smallest absolute Gasteiger partial charge is 0.242 e. The van der Waals surface area contributed by atoms with Gasteiger partial charge in [0.25, 0.3) is 0 Å². The van der Waals surface area contributed by atoms with E-state index in [1.165, 1.54) is 6.33 Å². The van der Waals surface area contributed by atoms with Crippen LogP contribution in [0.1, 0.15) is 25.2 Å². The molecule has 11 nitrogen and oxygen atoms in total. The van der Waals surface area contributed by atoms with Crippen molar-refractivity contribution in [1.82, 2.24) is 34.0 Å². The van der Waals surface area contributed by atoms with Gasteiger partial charge in [0.2, 0.25) is 5.91 Å². The quantitative estimate of drug-likeness (QED) is 0.412. The Labute approximate surface area is 189 Å². The number of hydrogen-bond donors (Lipinski definition) is 3. The number of carbonyl (C=O) groups is 1. The molecule has 11 heteroatoms. The fourth-order valence-corrected chi connectivity index (χ4v) is 4.73. The first-order chi connectivity index (χ1) is 15.7. The van der Waals surface area contributed by atoms with E-state index in [2.05, 4.69) is 19.9 Å². The van der Waals surface area contributed by atoms with Gasteiger partial charge < -0.3 is 30.0 Å². The van der Waals surface area contributed by atoms with Crippen LogP contribution in [-0.2, 0) is 11.3 Å². The zero-order valence-electron chi connectivity index (χ0n) is 18.5. The van der Waals surface area contributed by atoms with E-state index in [-0.39, 0.29) is 37.8 Å². The highest BCUT2D eigenvalue weighted by atomic mass is 16.3. The molecular formula is C22H26N8O3. The Kier molecular flexibility index (Phi) is 5.02. The Balaban J connectivity index is 1.49. The second-order valence-corrected chi connectivity index (χ2v) is 8.85. The lowest BCUT2D eigenvalue weighted by Crippen LogP contribution is -2.43. The highest BCUT2D eigenvalue weighted by molar-refractivity contribution is 5.82. The largest absolute Gasteiger partial charge is 0.391 e. The average Bonchev–Trinajstić information content (AvgIpc) is 3.29. The number of nitrogens with two attached hydrogens (primary N) is 1. The fraction of sp³-hybridized carbons (Fsp3) is 0.409. The molecule has 1 fully saturated rings. The number of para-hydroxylation sites is 2. The maximum absolute atomic E-state index is 13.4. The molecule has 0 radical (unpaired) electrons. The molecule has 0 spiro atoms. The van der Waals surface area contributed by atoms with Gasteiger partial charge in [-0.3, -0.25) is 4.79 Å². The van der Waals surface area contributed by atoms with Crippen LogP contribution in [0.4, 0.5) is 5.82 Å². The number of carbonyl (C=O) groups excluding carboxylic acids is 1. The maximum atomic E-state index is 13.4. The number of aromatic nitrogens is 6. The number of rotatable bonds is 3. The van der Waals surface area contributed by atoms with Gasteiger partial charge in [-0.2, -0.15) is 0 Å². The summed E-state index contributed by atoms with van der Waals surface area (Å²) in [5.41, 5.74) is 7.19. The summed E-state index contributed by atoms with van der Waals surface area (Å²) >= 11 is 0. The SMILES string of the molecule is Cc1nc2ccccc2n1CC(=O)N1C[C@@H](O)C[C@@](C)(O)[C@H](n2cnc3c(N)ncnc32)C1. The van der Waals surface area contributed by atoms with Crippen LogP contribution in [0.15, 0.2) is 36.9 Å². The number of aliphatic hydroxyl groups is 2. The zero-order valence-corrected chi connectivity index (χ0v) is 18.5. The van der Waals surface area contributed by atoms with Crippen molar-refractivity contribution in [2.45, 2.75) is 44.6 Å². The van der Waals surface area contributed by atoms with E-state index < -0.39 is 17.7 Å². The molecule has 0 saturated carbocycles. The number of imidazole rings is 2. The molecular weight excluding hydrogens is 424 g/mol. The third-order valence-corrected chi connectivity index (χ3v) is 6.41. The minimum absolute atomic E-state index is 0.0771. The monoisotopic (exact) mass is 450 g/mol. The Morgan fingerprint density at radius 2 is 2.03 bits per heavy atom. The van der Waals surface area contributed by atoms with Crippen molar-refractivity contribution < 1.29 is 15.0 Å². The van der Waals surface area contributed by atoms with Gasteiger partial charge in [-0.15, -0.1) is 0 Å². The molecule has 3 aromatic heterocycles. The van der Waals surface area contributed by atoms with E-state index in [1.54, 1.807) is 22.7 Å². The number of amides is 1. The summed E-state index contributed by atoms with van der Waals surface area (Å²) in [7, 11) is 0. The summed E-state index contributed by atoms with van der Waals surface area (Å²) in [5, 5.41) is 21.9. The van der Waals surface area contributed by atoms with Crippen LogP contribution in [0.3, 0.4) is 0 Å². The number of benzene rings is 1. The third kappa shape index (κ3) is 3.68. The molecule has 4 aromatic rings. The van der Waals surface area contributed by atoms with Crippen LogP contribution < -0.4 is 5.73 Å². The summed E-state index contributed by atoms with van der Waals surface area (Å²) in [6, 6.07) is 7.05. The number of anilines is 1. The van der Waals surface area contributed by atoms with E-state index in [0.29, 0.717) is 11.2 Å². The minimum atomic E-state index is -1.32. The molecule has 1 aliphatic rings. The summed E-state index contributed by atoms with van der Waals surface area (Å²) < 4.78 is 3.58. The predicted octanol–water partition coefficient (Wildman–Crippen LogP) is 0.652. The summed E-state index contributed by atoms with van der Waals surface area (Å²) in [4.78, 5) is 32.1. The topological polar surface area (TPSA) is 148 Å². The second kappa shape index (κ2) is 7.78. The number of aliphatic hydroxyl groups excluding tert-OH is 1. The van der Waals surface area contributed by atoms with Crippen molar-refractivity contribution in [2.75, 3.05) is 18.8 Å². The molecule has 3 atom stereocenters. The summed E-state index contributed by atoms with van der Waals surface area (Å²) in [6.07, 6.45) is 2.09. The van der Waals surface area contributed by atoms with E-state index in [9.17, 15) is 15.0 Å². The van der Waals surface area contributed by atoms with E-state index >= 15 is 0 Å². The molecule has 0 aliphatic carbocycles. The number of likely N-dealkylation sites (tertiary alicyclic amines) is 1. The van der Waals surface area contributed by atoms with Crippen molar-refractivity contribution >= 4 is 33.9 Å². The first-order valence-corrected chi connectivity index (χ1v) is 10.8. The van der Waals surface area contributed by atoms with Gasteiger partial charge in [0.15, 0.2) is 11.5 Å². The van der Waals surface area contributed by atoms with Gasteiger partial charge in [-0.05, 0) is 26.0 Å². The molecule has 33 heavy (non-hydrogen) atoms. The van der Waals surface area contributed by atoms with E-state index in [1.807, 2.05) is 35.8 Å². The van der Waals surface area contributed by atoms with Crippen LogP contribution in [0.25, 0.3) is 22.2 Å². The van der Waals surface area contributed by atoms with Crippen molar-refractivity contribution in [1.29, 1.82) is 0 Å². The lowest BCUT2D eigenvalue weighted by Gasteiger charge is -2.34. The van der Waals surface area contributed by atoms with Gasteiger partial charge in [-0.25, -0.2) is 19.9 Å². The Hall–Kier alpha value is -3.57. The minimum Gasteiger partial charge on any atom is -0.391 e. The molecule has 4 heterocycles. The zero-order chi connectivity index (χ0) is 23.3. The lowest BCUT2D eigenvalue weighted by atomic mass is 9.91. The number of nitrogens with zero attached hydrogens (tertiary/aromatic N) is 7. The molecule has 5 rings (SSSR count). The number of hydrogen-bond acceptors (Lipinski definition) is 8. The molecule has 1 saturated heterocycles. The van der Waals surface area contributed by atoms with Crippen LogP contribution in [0.5, 0.6) is 0 Å². The predicted molar refractivity (Wildman–Crippen MR) is 121 cm³/mol. The summed E-state index contributed by atoms with van der Waals surface area (Å²) in [6.45, 7) is 3.87. The molecule has 1 amide bonds. The molecule has 172 valence electrons. The van der Waals surface area contributed by atoms with Gasteiger partial charge in [0.05, 0.1) is 35.1 Å². The fourth-order valence-electron chi connectivity index (χ4n) is 4.73. The van der Waals surface area contributed by atoms with Crippen molar-refractivity contribution in [3.05, 3.63) is 42.7 Å². The van der Waals surface area contributed by atoms with Crippen LogP contribution >= 0.6 is 0 Å². The first kappa shape index (κ1) is 21.3.